The first-order valence-corrected chi connectivity index (χ1v) is 6.51. The lowest BCUT2D eigenvalue weighted by atomic mass is 10.1. The fraction of sp³-hybridized carbons (Fsp3) is 0.154. The zero-order chi connectivity index (χ0) is 14.9. The first kappa shape index (κ1) is 14.6. The summed E-state index contributed by atoms with van der Waals surface area (Å²) in [6, 6.07) is 5.22. The number of aryl methyl sites for hydroxylation is 1. The molecule has 0 aliphatic carbocycles. The Morgan fingerprint density at radius 1 is 1.25 bits per heavy atom. The third-order valence-corrected chi connectivity index (χ3v) is 3.52. The number of aromatic nitrogens is 2. The van der Waals surface area contributed by atoms with Gasteiger partial charge in [-0.25, -0.2) is 9.97 Å². The van der Waals surface area contributed by atoms with Gasteiger partial charge in [0.15, 0.2) is 0 Å². The van der Waals surface area contributed by atoms with Crippen LogP contribution in [0, 0.1) is 6.92 Å². The molecule has 5 nitrogen and oxygen atoms in total. The van der Waals surface area contributed by atoms with Crippen LogP contribution in [0.25, 0.3) is 0 Å². The Bertz CT molecular complexity index is 645. The predicted molar refractivity (Wildman–Crippen MR) is 79.0 cm³/mol. The van der Waals surface area contributed by atoms with Crippen molar-refractivity contribution in [3.63, 3.8) is 0 Å². The van der Waals surface area contributed by atoms with Crippen molar-refractivity contribution in [1.82, 2.24) is 9.97 Å². The van der Waals surface area contributed by atoms with E-state index in [1.54, 1.807) is 25.1 Å². The number of primary amides is 1. The van der Waals surface area contributed by atoms with Gasteiger partial charge in [-0.15, -0.1) is 0 Å². The van der Waals surface area contributed by atoms with Gasteiger partial charge in [0.2, 0.25) is 0 Å². The summed E-state index contributed by atoms with van der Waals surface area (Å²) in [6.45, 7) is 1.65. The highest BCUT2D eigenvalue weighted by Gasteiger charge is 2.15. The first-order valence-electron chi connectivity index (χ1n) is 5.75. The largest absolute Gasteiger partial charge is 0.383 e. The number of amides is 1. The summed E-state index contributed by atoms with van der Waals surface area (Å²) in [5.74, 6) is -0.162. The van der Waals surface area contributed by atoms with Crippen molar-refractivity contribution in [3.8, 4) is 0 Å². The van der Waals surface area contributed by atoms with E-state index in [2.05, 4.69) is 9.97 Å². The second kappa shape index (κ2) is 5.64. The molecule has 1 aromatic heterocycles. The summed E-state index contributed by atoms with van der Waals surface area (Å²) in [5.41, 5.74) is 12.2. The van der Waals surface area contributed by atoms with Crippen LogP contribution in [0.1, 0.15) is 27.4 Å². The lowest BCUT2D eigenvalue weighted by Gasteiger charge is -2.09. The van der Waals surface area contributed by atoms with Gasteiger partial charge in [-0.3, -0.25) is 4.79 Å². The standard InChI is InChI=1S/C13H12Cl2N4O/c1-6-11(13(17)20)12(16)19-10(18-6)5-7-8(14)3-2-4-9(7)15/h2-4H,5H2,1H3,(H2,17,20)(H2,16,18,19). The maximum atomic E-state index is 11.2. The van der Waals surface area contributed by atoms with Crippen LogP contribution in [0.3, 0.4) is 0 Å². The van der Waals surface area contributed by atoms with Crippen molar-refractivity contribution in [3.05, 3.63) is 50.9 Å². The molecule has 7 heteroatoms. The lowest BCUT2D eigenvalue weighted by Crippen LogP contribution is -2.18. The number of anilines is 1. The van der Waals surface area contributed by atoms with Gasteiger partial charge in [-0.1, -0.05) is 29.3 Å². The number of rotatable bonds is 3. The number of nitrogen functional groups attached to an aromatic ring is 1. The van der Waals surface area contributed by atoms with Gasteiger partial charge >= 0.3 is 0 Å². The summed E-state index contributed by atoms with van der Waals surface area (Å²) >= 11 is 12.2. The predicted octanol–water partition coefficient (Wildman–Crippen LogP) is 2.36. The molecule has 0 saturated heterocycles. The number of hydrogen-bond donors (Lipinski definition) is 2. The van der Waals surface area contributed by atoms with Crippen LogP contribution in [0.2, 0.25) is 10.0 Å². The van der Waals surface area contributed by atoms with Crippen molar-refractivity contribution in [2.24, 2.45) is 5.73 Å². The average Bonchev–Trinajstić information content (AvgIpc) is 2.32. The number of hydrogen-bond acceptors (Lipinski definition) is 4. The zero-order valence-electron chi connectivity index (χ0n) is 10.7. The number of halogens is 2. The number of carbonyl (C=O) groups is 1. The second-order valence-corrected chi connectivity index (χ2v) is 5.04. The molecule has 0 bridgehead atoms. The maximum Gasteiger partial charge on any atom is 0.254 e. The molecule has 1 heterocycles. The highest BCUT2D eigenvalue weighted by Crippen LogP contribution is 2.26. The Hall–Kier alpha value is -1.85. The zero-order valence-corrected chi connectivity index (χ0v) is 12.2. The molecule has 0 atom stereocenters. The molecule has 2 rings (SSSR count). The van der Waals surface area contributed by atoms with E-state index in [9.17, 15) is 4.79 Å². The summed E-state index contributed by atoms with van der Waals surface area (Å²) in [7, 11) is 0. The monoisotopic (exact) mass is 310 g/mol. The highest BCUT2D eigenvalue weighted by molar-refractivity contribution is 6.36. The molecule has 104 valence electrons. The minimum Gasteiger partial charge on any atom is -0.383 e. The average molecular weight is 311 g/mol. The molecular formula is C13H12Cl2N4O. The van der Waals surface area contributed by atoms with Crippen molar-refractivity contribution in [2.75, 3.05) is 5.73 Å². The molecule has 0 unspecified atom stereocenters. The molecule has 0 saturated carbocycles. The quantitative estimate of drug-likeness (QED) is 0.909. The van der Waals surface area contributed by atoms with Gasteiger partial charge in [-0.05, 0) is 24.6 Å². The number of nitrogens with zero attached hydrogens (tertiary/aromatic N) is 2. The van der Waals surface area contributed by atoms with Crippen LogP contribution < -0.4 is 11.5 Å². The maximum absolute atomic E-state index is 11.2. The Morgan fingerprint density at radius 2 is 1.85 bits per heavy atom. The van der Waals surface area contributed by atoms with E-state index < -0.39 is 5.91 Å². The lowest BCUT2D eigenvalue weighted by molar-refractivity contribution is 0.1000. The summed E-state index contributed by atoms with van der Waals surface area (Å²) < 4.78 is 0. The van der Waals surface area contributed by atoms with Gasteiger partial charge in [0.1, 0.15) is 17.2 Å². The molecule has 1 aromatic carbocycles. The summed E-state index contributed by atoms with van der Waals surface area (Å²) in [6.07, 6.45) is 0.322. The van der Waals surface area contributed by atoms with E-state index in [1.165, 1.54) is 0 Å². The third kappa shape index (κ3) is 2.84. The molecular weight excluding hydrogens is 299 g/mol. The van der Waals surface area contributed by atoms with E-state index in [-0.39, 0.29) is 11.4 Å². The molecule has 0 aliphatic heterocycles. The van der Waals surface area contributed by atoms with Gasteiger partial charge in [0.25, 0.3) is 5.91 Å². The SMILES string of the molecule is Cc1nc(Cc2c(Cl)cccc2Cl)nc(N)c1C(N)=O. The molecule has 0 spiro atoms. The topological polar surface area (TPSA) is 94.9 Å². The fourth-order valence-electron chi connectivity index (χ4n) is 1.90. The second-order valence-electron chi connectivity index (χ2n) is 4.23. The minimum atomic E-state index is -0.651. The Labute approximate surface area is 125 Å². The van der Waals surface area contributed by atoms with Crippen molar-refractivity contribution in [2.45, 2.75) is 13.3 Å². The van der Waals surface area contributed by atoms with Gasteiger partial charge < -0.3 is 11.5 Å². The van der Waals surface area contributed by atoms with Crippen LogP contribution in [-0.2, 0) is 6.42 Å². The third-order valence-electron chi connectivity index (χ3n) is 2.81. The molecule has 0 radical (unpaired) electrons. The number of carbonyl (C=O) groups excluding carboxylic acids is 1. The minimum absolute atomic E-state index is 0.0585. The van der Waals surface area contributed by atoms with E-state index in [0.29, 0.717) is 33.5 Å². The van der Waals surface area contributed by atoms with Crippen LogP contribution in [0.5, 0.6) is 0 Å². The van der Waals surface area contributed by atoms with Crippen molar-refractivity contribution in [1.29, 1.82) is 0 Å². The van der Waals surface area contributed by atoms with E-state index in [4.69, 9.17) is 34.7 Å². The summed E-state index contributed by atoms with van der Waals surface area (Å²) in [5, 5.41) is 1.05. The molecule has 2 aromatic rings. The van der Waals surface area contributed by atoms with E-state index >= 15 is 0 Å². The van der Waals surface area contributed by atoms with Gasteiger partial charge in [0.05, 0.1) is 5.69 Å². The molecule has 1 amide bonds. The molecule has 4 N–H and O–H groups in total. The van der Waals surface area contributed by atoms with Gasteiger partial charge in [0, 0.05) is 16.5 Å². The van der Waals surface area contributed by atoms with Crippen molar-refractivity contribution < 1.29 is 4.79 Å². The van der Waals surface area contributed by atoms with Crippen molar-refractivity contribution >= 4 is 34.9 Å². The van der Waals surface area contributed by atoms with E-state index in [1.807, 2.05) is 0 Å². The Balaban J connectivity index is 2.43. The fourth-order valence-corrected chi connectivity index (χ4v) is 2.43. The van der Waals surface area contributed by atoms with E-state index in [0.717, 1.165) is 0 Å². The van der Waals surface area contributed by atoms with Crippen LogP contribution in [-0.4, -0.2) is 15.9 Å². The van der Waals surface area contributed by atoms with Crippen LogP contribution >= 0.6 is 23.2 Å². The normalized spacial score (nSPS) is 10.6. The smallest absolute Gasteiger partial charge is 0.254 e. The molecule has 20 heavy (non-hydrogen) atoms. The molecule has 0 fully saturated rings. The Morgan fingerprint density at radius 3 is 2.35 bits per heavy atom. The van der Waals surface area contributed by atoms with Crippen LogP contribution in [0.15, 0.2) is 18.2 Å². The number of benzene rings is 1. The number of nitrogens with two attached hydrogens (primary N) is 2. The summed E-state index contributed by atoms with van der Waals surface area (Å²) in [4.78, 5) is 19.5. The molecule has 0 aliphatic rings. The Kier molecular flexibility index (Phi) is 4.11. The van der Waals surface area contributed by atoms with Crippen LogP contribution in [0.4, 0.5) is 5.82 Å². The highest BCUT2D eigenvalue weighted by atomic mass is 35.5. The van der Waals surface area contributed by atoms with Gasteiger partial charge in [-0.2, -0.15) is 0 Å². The first-order chi connectivity index (χ1) is 9.40.